The summed E-state index contributed by atoms with van der Waals surface area (Å²) in [5.74, 6) is -0.0991. The molecule has 0 bridgehead atoms. The minimum Gasteiger partial charge on any atom is -0.406 e. The number of halogens is 3. The Labute approximate surface area is 152 Å². The first-order chi connectivity index (χ1) is 12.9. The summed E-state index contributed by atoms with van der Waals surface area (Å²) in [4.78, 5) is 14.4. The highest BCUT2D eigenvalue weighted by atomic mass is 19.4. The zero-order valence-electron chi connectivity index (χ0n) is 14.1. The standard InChI is InChI=1S/C18H15F3N4O2/c19-18(20,21)27-14-5-3-4-12(10-14)16-23-22-15-7-6-13(11-25(15)16)17(26)24-8-1-2-9-24/h3-7,10-11H,1-2,8-9H2. The van der Waals surface area contributed by atoms with Crippen molar-refractivity contribution < 1.29 is 22.7 Å². The van der Waals surface area contributed by atoms with Crippen LogP contribution in [0.3, 0.4) is 0 Å². The van der Waals surface area contributed by atoms with Crippen LogP contribution in [0.2, 0.25) is 0 Å². The van der Waals surface area contributed by atoms with E-state index in [-0.39, 0.29) is 11.7 Å². The molecule has 3 aromatic rings. The van der Waals surface area contributed by atoms with Crippen LogP contribution in [0.1, 0.15) is 23.2 Å². The minimum absolute atomic E-state index is 0.0804. The third kappa shape index (κ3) is 3.57. The molecule has 0 spiro atoms. The van der Waals surface area contributed by atoms with Crippen molar-refractivity contribution in [2.45, 2.75) is 19.2 Å². The SMILES string of the molecule is O=C(c1ccc2nnc(-c3cccc(OC(F)(F)F)c3)n2c1)N1CCCC1. The lowest BCUT2D eigenvalue weighted by atomic mass is 10.2. The minimum atomic E-state index is -4.78. The van der Waals surface area contributed by atoms with Crippen molar-refractivity contribution in [1.29, 1.82) is 0 Å². The van der Waals surface area contributed by atoms with Crippen molar-refractivity contribution in [2.75, 3.05) is 13.1 Å². The Hall–Kier alpha value is -3.10. The molecule has 6 nitrogen and oxygen atoms in total. The molecular formula is C18H15F3N4O2. The predicted molar refractivity (Wildman–Crippen MR) is 90.2 cm³/mol. The Kier molecular flexibility index (Phi) is 4.21. The molecule has 4 rings (SSSR count). The molecule has 2 aromatic heterocycles. The molecule has 3 heterocycles. The second-order valence-electron chi connectivity index (χ2n) is 6.24. The number of ether oxygens (including phenoxy) is 1. The molecule has 0 radical (unpaired) electrons. The lowest BCUT2D eigenvalue weighted by molar-refractivity contribution is -0.274. The van der Waals surface area contributed by atoms with Crippen molar-refractivity contribution in [2.24, 2.45) is 0 Å². The number of nitrogens with zero attached hydrogens (tertiary/aromatic N) is 4. The fraction of sp³-hybridized carbons (Fsp3) is 0.278. The molecule has 0 unspecified atom stereocenters. The van der Waals surface area contributed by atoms with Gasteiger partial charge in [-0.05, 0) is 37.1 Å². The van der Waals surface area contributed by atoms with Gasteiger partial charge < -0.3 is 9.64 Å². The number of hydrogen-bond donors (Lipinski definition) is 0. The summed E-state index contributed by atoms with van der Waals surface area (Å²) in [5.41, 5.74) is 1.37. The van der Waals surface area contributed by atoms with Crippen LogP contribution >= 0.6 is 0 Å². The van der Waals surface area contributed by atoms with E-state index in [1.54, 1.807) is 33.7 Å². The number of fused-ring (bicyclic) bond motifs is 1. The maximum Gasteiger partial charge on any atom is 0.573 e. The number of pyridine rings is 1. The Morgan fingerprint density at radius 1 is 1.07 bits per heavy atom. The van der Waals surface area contributed by atoms with E-state index in [0.29, 0.717) is 22.6 Å². The Morgan fingerprint density at radius 3 is 2.59 bits per heavy atom. The van der Waals surface area contributed by atoms with Gasteiger partial charge in [-0.25, -0.2) is 0 Å². The molecule has 140 valence electrons. The summed E-state index contributed by atoms with van der Waals surface area (Å²) in [6.45, 7) is 1.45. The smallest absolute Gasteiger partial charge is 0.406 e. The van der Waals surface area contributed by atoms with E-state index in [0.717, 1.165) is 25.9 Å². The van der Waals surface area contributed by atoms with Gasteiger partial charge in [-0.15, -0.1) is 23.4 Å². The number of likely N-dealkylation sites (tertiary alicyclic amines) is 1. The van der Waals surface area contributed by atoms with E-state index in [1.165, 1.54) is 18.2 Å². The van der Waals surface area contributed by atoms with Crippen LogP contribution in [0.15, 0.2) is 42.6 Å². The third-order valence-corrected chi connectivity index (χ3v) is 4.37. The van der Waals surface area contributed by atoms with Crippen molar-refractivity contribution in [3.8, 4) is 17.1 Å². The normalized spacial score (nSPS) is 14.7. The Morgan fingerprint density at radius 2 is 1.85 bits per heavy atom. The summed E-state index contributed by atoms with van der Waals surface area (Å²) in [7, 11) is 0. The van der Waals surface area contributed by atoms with Gasteiger partial charge in [0.2, 0.25) is 0 Å². The van der Waals surface area contributed by atoms with Gasteiger partial charge in [0.15, 0.2) is 11.5 Å². The number of rotatable bonds is 3. The first kappa shape index (κ1) is 17.3. The monoisotopic (exact) mass is 376 g/mol. The van der Waals surface area contributed by atoms with Crippen molar-refractivity contribution in [1.82, 2.24) is 19.5 Å². The van der Waals surface area contributed by atoms with Gasteiger partial charge in [0.1, 0.15) is 5.75 Å². The van der Waals surface area contributed by atoms with Gasteiger partial charge in [0.25, 0.3) is 5.91 Å². The molecule has 1 aromatic carbocycles. The first-order valence-corrected chi connectivity index (χ1v) is 8.41. The number of benzene rings is 1. The van der Waals surface area contributed by atoms with Crippen LogP contribution in [0.5, 0.6) is 5.75 Å². The molecule has 1 saturated heterocycles. The molecule has 1 fully saturated rings. The molecule has 0 aliphatic carbocycles. The van der Waals surface area contributed by atoms with E-state index >= 15 is 0 Å². The van der Waals surface area contributed by atoms with E-state index in [4.69, 9.17) is 0 Å². The van der Waals surface area contributed by atoms with Gasteiger partial charge in [-0.3, -0.25) is 9.20 Å². The predicted octanol–water partition coefficient (Wildman–Crippen LogP) is 3.53. The molecular weight excluding hydrogens is 361 g/mol. The summed E-state index contributed by atoms with van der Waals surface area (Å²) >= 11 is 0. The lowest BCUT2D eigenvalue weighted by Crippen LogP contribution is -2.27. The Balaban J connectivity index is 1.71. The number of aromatic nitrogens is 3. The van der Waals surface area contributed by atoms with Gasteiger partial charge in [0.05, 0.1) is 5.56 Å². The fourth-order valence-electron chi connectivity index (χ4n) is 3.15. The topological polar surface area (TPSA) is 59.7 Å². The van der Waals surface area contributed by atoms with Crippen LogP contribution in [0.25, 0.3) is 17.0 Å². The number of hydrogen-bond acceptors (Lipinski definition) is 4. The second-order valence-corrected chi connectivity index (χ2v) is 6.24. The van der Waals surface area contributed by atoms with Gasteiger partial charge in [-0.2, -0.15) is 0 Å². The van der Waals surface area contributed by atoms with Crippen molar-refractivity contribution in [3.63, 3.8) is 0 Å². The molecule has 0 N–H and O–H groups in total. The summed E-state index contributed by atoms with van der Waals surface area (Å²) in [6, 6.07) is 8.83. The highest BCUT2D eigenvalue weighted by Crippen LogP contribution is 2.27. The van der Waals surface area contributed by atoms with E-state index in [9.17, 15) is 18.0 Å². The van der Waals surface area contributed by atoms with Crippen molar-refractivity contribution in [3.05, 3.63) is 48.2 Å². The molecule has 1 aliphatic heterocycles. The first-order valence-electron chi connectivity index (χ1n) is 8.41. The van der Waals surface area contributed by atoms with E-state index in [1.807, 2.05) is 0 Å². The number of carbonyl (C=O) groups is 1. The summed E-state index contributed by atoms with van der Waals surface area (Å²) in [5, 5.41) is 8.07. The number of alkyl halides is 3. The van der Waals surface area contributed by atoms with Crippen LogP contribution in [0.4, 0.5) is 13.2 Å². The highest BCUT2D eigenvalue weighted by molar-refractivity contribution is 5.94. The van der Waals surface area contributed by atoms with Crippen LogP contribution in [0, 0.1) is 0 Å². The van der Waals surface area contributed by atoms with Crippen LogP contribution in [-0.4, -0.2) is 44.9 Å². The quantitative estimate of drug-likeness (QED) is 0.702. The molecule has 0 saturated carbocycles. The third-order valence-electron chi connectivity index (χ3n) is 4.37. The molecule has 1 amide bonds. The van der Waals surface area contributed by atoms with Gasteiger partial charge >= 0.3 is 6.36 Å². The molecule has 0 atom stereocenters. The largest absolute Gasteiger partial charge is 0.573 e. The lowest BCUT2D eigenvalue weighted by Gasteiger charge is -2.15. The van der Waals surface area contributed by atoms with Crippen LogP contribution in [-0.2, 0) is 0 Å². The Bertz CT molecular complexity index is 994. The average molecular weight is 376 g/mol. The number of amides is 1. The van der Waals surface area contributed by atoms with E-state index in [2.05, 4.69) is 14.9 Å². The van der Waals surface area contributed by atoms with Crippen LogP contribution < -0.4 is 4.74 Å². The summed E-state index contributed by atoms with van der Waals surface area (Å²) in [6.07, 6.45) is -1.20. The zero-order valence-corrected chi connectivity index (χ0v) is 14.1. The van der Waals surface area contributed by atoms with E-state index < -0.39 is 6.36 Å². The number of carbonyl (C=O) groups excluding carboxylic acids is 1. The summed E-state index contributed by atoms with van der Waals surface area (Å²) < 4.78 is 42.9. The maximum absolute atomic E-state index is 12.6. The van der Waals surface area contributed by atoms with Gasteiger partial charge in [-0.1, -0.05) is 12.1 Å². The zero-order chi connectivity index (χ0) is 19.0. The second kappa shape index (κ2) is 6.57. The highest BCUT2D eigenvalue weighted by Gasteiger charge is 2.31. The maximum atomic E-state index is 12.6. The van der Waals surface area contributed by atoms with Crippen molar-refractivity contribution >= 4 is 11.6 Å². The fourth-order valence-corrected chi connectivity index (χ4v) is 3.15. The average Bonchev–Trinajstić information content (AvgIpc) is 3.29. The van der Waals surface area contributed by atoms with Gasteiger partial charge in [0, 0.05) is 24.8 Å². The molecule has 27 heavy (non-hydrogen) atoms. The molecule has 9 heteroatoms. The molecule has 1 aliphatic rings.